The highest BCUT2D eigenvalue weighted by Crippen LogP contribution is 2.28. The Labute approximate surface area is 74.6 Å². The van der Waals surface area contributed by atoms with Crippen LogP contribution in [0.1, 0.15) is 32.6 Å². The largest absolute Gasteiger partial charge is 0.391 e. The fraction of sp³-hybridized carbons (Fsp3) is 1.00. The lowest BCUT2D eigenvalue weighted by Gasteiger charge is -2.26. The van der Waals surface area contributed by atoms with E-state index in [0.29, 0.717) is 6.04 Å². The number of hydrogen-bond acceptors (Lipinski definition) is 2. The first-order valence-electron chi connectivity index (χ1n) is 5.19. The van der Waals surface area contributed by atoms with Crippen LogP contribution in [0.3, 0.4) is 0 Å². The Morgan fingerprint density at radius 2 is 2.08 bits per heavy atom. The van der Waals surface area contributed by atoms with Crippen LogP contribution in [-0.4, -0.2) is 35.2 Å². The van der Waals surface area contributed by atoms with Crippen molar-refractivity contribution in [3.05, 3.63) is 0 Å². The molecule has 1 aliphatic heterocycles. The van der Waals surface area contributed by atoms with Crippen LogP contribution in [0.15, 0.2) is 0 Å². The molecule has 3 atom stereocenters. The van der Waals surface area contributed by atoms with Gasteiger partial charge in [0.15, 0.2) is 0 Å². The van der Waals surface area contributed by atoms with Gasteiger partial charge in [0.2, 0.25) is 0 Å². The third kappa shape index (κ3) is 1.50. The van der Waals surface area contributed by atoms with E-state index in [4.69, 9.17) is 0 Å². The normalized spacial score (nSPS) is 44.0. The third-order valence-corrected chi connectivity index (χ3v) is 3.37. The molecule has 2 heteroatoms. The number of nitrogens with zero attached hydrogens (tertiary/aromatic N) is 1. The fourth-order valence-corrected chi connectivity index (χ4v) is 2.62. The quantitative estimate of drug-likeness (QED) is 0.638. The zero-order valence-electron chi connectivity index (χ0n) is 7.87. The molecule has 0 spiro atoms. The first-order valence-corrected chi connectivity index (χ1v) is 5.19. The van der Waals surface area contributed by atoms with E-state index in [1.807, 2.05) is 0 Å². The summed E-state index contributed by atoms with van der Waals surface area (Å²) in [5.41, 5.74) is 0. The summed E-state index contributed by atoms with van der Waals surface area (Å²) in [7, 11) is 0. The molecular weight excluding hydrogens is 150 g/mol. The summed E-state index contributed by atoms with van der Waals surface area (Å²) in [6, 6.07) is 0.495. The van der Waals surface area contributed by atoms with Gasteiger partial charge in [0.25, 0.3) is 0 Å². The van der Waals surface area contributed by atoms with Gasteiger partial charge < -0.3 is 5.11 Å². The molecule has 2 fully saturated rings. The van der Waals surface area contributed by atoms with Crippen LogP contribution in [0.4, 0.5) is 0 Å². The van der Waals surface area contributed by atoms with E-state index in [2.05, 4.69) is 11.8 Å². The standard InChI is InChI=1S/C10H19NO/c1-8-5-6-11(7-8)9-3-2-4-10(9)12/h8-10,12H,2-7H2,1H3/t8?,9-,10-/m1/s1. The Morgan fingerprint density at radius 1 is 1.25 bits per heavy atom. The molecule has 1 N–H and O–H groups in total. The second kappa shape index (κ2) is 3.35. The minimum absolute atomic E-state index is 0.0321. The number of aliphatic hydroxyl groups excluding tert-OH is 1. The Kier molecular flexibility index (Phi) is 2.37. The first-order chi connectivity index (χ1) is 5.77. The van der Waals surface area contributed by atoms with E-state index in [-0.39, 0.29) is 6.10 Å². The smallest absolute Gasteiger partial charge is 0.0695 e. The number of aliphatic hydroxyl groups is 1. The lowest BCUT2D eigenvalue weighted by molar-refractivity contribution is 0.0835. The summed E-state index contributed by atoms with van der Waals surface area (Å²) < 4.78 is 0. The molecule has 2 nitrogen and oxygen atoms in total. The summed E-state index contributed by atoms with van der Waals surface area (Å²) in [4.78, 5) is 2.49. The van der Waals surface area contributed by atoms with Crippen molar-refractivity contribution in [3.8, 4) is 0 Å². The van der Waals surface area contributed by atoms with Gasteiger partial charge in [0.05, 0.1) is 6.10 Å². The van der Waals surface area contributed by atoms with Gasteiger partial charge in [-0.2, -0.15) is 0 Å². The van der Waals surface area contributed by atoms with E-state index in [0.717, 1.165) is 12.3 Å². The van der Waals surface area contributed by atoms with Gasteiger partial charge in [-0.15, -0.1) is 0 Å². The molecule has 0 bridgehead atoms. The molecule has 1 saturated heterocycles. The number of hydrogen-bond donors (Lipinski definition) is 1. The van der Waals surface area contributed by atoms with Crippen LogP contribution in [-0.2, 0) is 0 Å². The Bertz CT molecular complexity index is 160. The molecule has 0 radical (unpaired) electrons. The molecule has 2 rings (SSSR count). The monoisotopic (exact) mass is 169 g/mol. The first kappa shape index (κ1) is 8.52. The van der Waals surface area contributed by atoms with Crippen molar-refractivity contribution < 1.29 is 5.11 Å². The van der Waals surface area contributed by atoms with Crippen LogP contribution in [0.25, 0.3) is 0 Å². The lowest BCUT2D eigenvalue weighted by Crippen LogP contribution is -2.38. The highest BCUT2D eigenvalue weighted by molar-refractivity contribution is 4.88. The molecule has 0 aromatic heterocycles. The van der Waals surface area contributed by atoms with Crippen molar-refractivity contribution in [2.75, 3.05) is 13.1 Å². The average molecular weight is 169 g/mol. The van der Waals surface area contributed by atoms with Crippen molar-refractivity contribution in [1.82, 2.24) is 4.90 Å². The Balaban J connectivity index is 1.91. The maximum Gasteiger partial charge on any atom is 0.0695 e. The van der Waals surface area contributed by atoms with Gasteiger partial charge in [0, 0.05) is 12.6 Å². The van der Waals surface area contributed by atoms with Gasteiger partial charge in [-0.25, -0.2) is 0 Å². The fourth-order valence-electron chi connectivity index (χ4n) is 2.62. The zero-order chi connectivity index (χ0) is 8.55. The van der Waals surface area contributed by atoms with E-state index in [9.17, 15) is 5.11 Å². The Morgan fingerprint density at radius 3 is 2.58 bits per heavy atom. The van der Waals surface area contributed by atoms with E-state index in [1.54, 1.807) is 0 Å². The second-order valence-electron chi connectivity index (χ2n) is 4.45. The average Bonchev–Trinajstić information content (AvgIpc) is 2.58. The molecule has 0 amide bonds. The molecule has 2 aliphatic rings. The van der Waals surface area contributed by atoms with Crippen molar-refractivity contribution >= 4 is 0 Å². The van der Waals surface area contributed by atoms with Crippen molar-refractivity contribution in [2.24, 2.45) is 5.92 Å². The van der Waals surface area contributed by atoms with E-state index < -0.39 is 0 Å². The molecule has 1 aliphatic carbocycles. The van der Waals surface area contributed by atoms with Crippen LogP contribution < -0.4 is 0 Å². The van der Waals surface area contributed by atoms with Crippen molar-refractivity contribution in [3.63, 3.8) is 0 Å². The highest BCUT2D eigenvalue weighted by Gasteiger charge is 2.33. The predicted octanol–water partition coefficient (Wildman–Crippen LogP) is 1.24. The molecule has 12 heavy (non-hydrogen) atoms. The van der Waals surface area contributed by atoms with E-state index in [1.165, 1.54) is 32.4 Å². The van der Waals surface area contributed by atoms with Crippen LogP contribution in [0.2, 0.25) is 0 Å². The molecule has 70 valence electrons. The van der Waals surface area contributed by atoms with Gasteiger partial charge in [-0.3, -0.25) is 4.90 Å². The van der Waals surface area contributed by atoms with Crippen molar-refractivity contribution in [2.45, 2.75) is 44.8 Å². The molecule has 1 unspecified atom stereocenters. The van der Waals surface area contributed by atoms with E-state index >= 15 is 0 Å². The highest BCUT2D eigenvalue weighted by atomic mass is 16.3. The van der Waals surface area contributed by atoms with Gasteiger partial charge in [-0.1, -0.05) is 6.92 Å². The summed E-state index contributed by atoms with van der Waals surface area (Å²) in [6.45, 7) is 4.73. The van der Waals surface area contributed by atoms with Crippen LogP contribution in [0.5, 0.6) is 0 Å². The summed E-state index contributed by atoms with van der Waals surface area (Å²) in [5.74, 6) is 0.845. The number of likely N-dealkylation sites (tertiary alicyclic amines) is 1. The maximum atomic E-state index is 9.69. The lowest BCUT2D eigenvalue weighted by atomic mass is 10.1. The third-order valence-electron chi connectivity index (χ3n) is 3.37. The van der Waals surface area contributed by atoms with Gasteiger partial charge in [-0.05, 0) is 38.1 Å². The molecule has 0 aromatic rings. The SMILES string of the molecule is CC1CCN([C@@H]2CCC[C@H]2O)C1. The van der Waals surface area contributed by atoms with Crippen LogP contribution in [0, 0.1) is 5.92 Å². The molecular formula is C10H19NO. The summed E-state index contributed by atoms with van der Waals surface area (Å²) in [6.07, 6.45) is 4.75. The topological polar surface area (TPSA) is 23.5 Å². The zero-order valence-corrected chi connectivity index (χ0v) is 7.87. The van der Waals surface area contributed by atoms with Crippen molar-refractivity contribution in [1.29, 1.82) is 0 Å². The predicted molar refractivity (Wildman–Crippen MR) is 49.0 cm³/mol. The summed E-state index contributed by atoms with van der Waals surface area (Å²) in [5, 5.41) is 9.69. The van der Waals surface area contributed by atoms with Gasteiger partial charge >= 0.3 is 0 Å². The minimum atomic E-state index is -0.0321. The second-order valence-corrected chi connectivity index (χ2v) is 4.45. The molecule has 1 saturated carbocycles. The number of rotatable bonds is 1. The maximum absolute atomic E-state index is 9.69. The van der Waals surface area contributed by atoms with Gasteiger partial charge in [0.1, 0.15) is 0 Å². The Hall–Kier alpha value is -0.0800. The molecule has 0 aromatic carbocycles. The summed E-state index contributed by atoms with van der Waals surface area (Å²) >= 11 is 0. The molecule has 1 heterocycles. The minimum Gasteiger partial charge on any atom is -0.391 e. The van der Waals surface area contributed by atoms with Crippen LogP contribution >= 0.6 is 0 Å².